The van der Waals surface area contributed by atoms with Gasteiger partial charge in [-0.2, -0.15) is 0 Å². The van der Waals surface area contributed by atoms with Crippen LogP contribution < -0.4 is 0 Å². The smallest absolute Gasteiger partial charge is 0.0449 e. The number of hydrogen-bond donors (Lipinski definition) is 0. The highest BCUT2D eigenvalue weighted by Gasteiger charge is 1.97. The van der Waals surface area contributed by atoms with E-state index in [9.17, 15) is 0 Å². The van der Waals surface area contributed by atoms with Crippen molar-refractivity contribution in [2.75, 3.05) is 0 Å². The van der Waals surface area contributed by atoms with E-state index in [1.54, 1.807) is 0 Å². The molecule has 0 saturated heterocycles. The molecule has 0 atom stereocenters. The zero-order valence-corrected chi connectivity index (χ0v) is 11.8. The standard InChI is InChI=1S/C15H10Cl2S/c16-13-6-1-11(2-7-13)3-10-15(18)12-4-8-14(17)9-5-12/h1-10H/b10-3+. The summed E-state index contributed by atoms with van der Waals surface area (Å²) < 4.78 is 0. The lowest BCUT2D eigenvalue weighted by Gasteiger charge is -1.99. The number of benzene rings is 2. The third kappa shape index (κ3) is 3.67. The summed E-state index contributed by atoms with van der Waals surface area (Å²) in [6, 6.07) is 15.1. The molecule has 0 aromatic heterocycles. The van der Waals surface area contributed by atoms with E-state index in [1.807, 2.05) is 60.7 Å². The van der Waals surface area contributed by atoms with Crippen molar-refractivity contribution in [1.29, 1.82) is 0 Å². The molecule has 2 rings (SSSR count). The molecule has 90 valence electrons. The first kappa shape index (κ1) is 13.3. The number of hydrogen-bond acceptors (Lipinski definition) is 1. The highest BCUT2D eigenvalue weighted by atomic mass is 35.5. The first-order valence-electron chi connectivity index (χ1n) is 5.39. The van der Waals surface area contributed by atoms with Crippen molar-refractivity contribution >= 4 is 46.4 Å². The van der Waals surface area contributed by atoms with Crippen LogP contribution in [0.5, 0.6) is 0 Å². The van der Waals surface area contributed by atoms with Crippen molar-refractivity contribution in [1.82, 2.24) is 0 Å². The molecule has 0 saturated carbocycles. The molecule has 0 fully saturated rings. The Morgan fingerprint density at radius 3 is 1.89 bits per heavy atom. The van der Waals surface area contributed by atoms with Crippen molar-refractivity contribution in [3.63, 3.8) is 0 Å². The fraction of sp³-hybridized carbons (Fsp3) is 0. The van der Waals surface area contributed by atoms with Gasteiger partial charge in [0.15, 0.2) is 0 Å². The summed E-state index contributed by atoms with van der Waals surface area (Å²) in [6.07, 6.45) is 3.87. The monoisotopic (exact) mass is 292 g/mol. The molecule has 0 heterocycles. The summed E-state index contributed by atoms with van der Waals surface area (Å²) in [5.41, 5.74) is 2.05. The lowest BCUT2D eigenvalue weighted by atomic mass is 10.1. The van der Waals surface area contributed by atoms with Crippen LogP contribution in [0.4, 0.5) is 0 Å². The molecular weight excluding hydrogens is 283 g/mol. The van der Waals surface area contributed by atoms with E-state index >= 15 is 0 Å². The molecule has 0 radical (unpaired) electrons. The fourth-order valence-corrected chi connectivity index (χ4v) is 1.91. The predicted octanol–water partition coefficient (Wildman–Crippen LogP) is 5.42. The molecule has 18 heavy (non-hydrogen) atoms. The van der Waals surface area contributed by atoms with E-state index in [-0.39, 0.29) is 0 Å². The number of halogens is 2. The van der Waals surface area contributed by atoms with Gasteiger partial charge in [-0.1, -0.05) is 65.8 Å². The van der Waals surface area contributed by atoms with E-state index in [1.165, 1.54) is 0 Å². The highest BCUT2D eigenvalue weighted by molar-refractivity contribution is 7.81. The molecule has 2 aromatic rings. The second-order valence-corrected chi connectivity index (χ2v) is 5.07. The number of thiocarbonyl (C=S) groups is 1. The first-order chi connectivity index (χ1) is 8.65. The minimum atomic E-state index is 0.711. The SMILES string of the molecule is S=C(/C=C/c1ccc(Cl)cc1)c1ccc(Cl)cc1. The Balaban J connectivity index is 2.11. The van der Waals surface area contributed by atoms with Crippen LogP contribution in [0.1, 0.15) is 11.1 Å². The topological polar surface area (TPSA) is 0 Å². The van der Waals surface area contributed by atoms with Crippen LogP contribution in [-0.4, -0.2) is 4.86 Å². The van der Waals surface area contributed by atoms with Gasteiger partial charge in [-0.15, -0.1) is 0 Å². The summed E-state index contributed by atoms with van der Waals surface area (Å²) in [5, 5.41) is 1.44. The van der Waals surface area contributed by atoms with Gasteiger partial charge in [0.25, 0.3) is 0 Å². The maximum Gasteiger partial charge on any atom is 0.0449 e. The zero-order chi connectivity index (χ0) is 13.0. The quantitative estimate of drug-likeness (QED) is 0.413. The van der Waals surface area contributed by atoms with Crippen LogP contribution in [-0.2, 0) is 0 Å². The summed E-state index contributed by atoms with van der Waals surface area (Å²) in [5.74, 6) is 0. The van der Waals surface area contributed by atoms with Crippen LogP contribution in [0.2, 0.25) is 10.0 Å². The van der Waals surface area contributed by atoms with Gasteiger partial charge in [-0.3, -0.25) is 0 Å². The van der Waals surface area contributed by atoms with Gasteiger partial charge < -0.3 is 0 Å². The van der Waals surface area contributed by atoms with E-state index in [2.05, 4.69) is 0 Å². The van der Waals surface area contributed by atoms with Crippen LogP contribution in [0.15, 0.2) is 54.6 Å². The largest absolute Gasteiger partial charge is 0.0843 e. The van der Waals surface area contributed by atoms with Gasteiger partial charge >= 0.3 is 0 Å². The van der Waals surface area contributed by atoms with Gasteiger partial charge in [-0.05, 0) is 41.5 Å². The summed E-state index contributed by atoms with van der Waals surface area (Å²) in [7, 11) is 0. The Morgan fingerprint density at radius 2 is 1.33 bits per heavy atom. The second kappa shape index (κ2) is 6.14. The normalized spacial score (nSPS) is 10.8. The Bertz CT molecular complexity index is 568. The van der Waals surface area contributed by atoms with Crippen LogP contribution in [0, 0.1) is 0 Å². The van der Waals surface area contributed by atoms with Gasteiger partial charge in [0, 0.05) is 14.9 Å². The van der Waals surface area contributed by atoms with Crippen molar-refractivity contribution < 1.29 is 0 Å². The average molecular weight is 293 g/mol. The van der Waals surface area contributed by atoms with E-state index in [0.29, 0.717) is 5.02 Å². The van der Waals surface area contributed by atoms with Crippen LogP contribution >= 0.6 is 35.4 Å². The molecule has 3 heteroatoms. The Kier molecular flexibility index (Phi) is 4.54. The molecular formula is C15H10Cl2S. The molecule has 0 aliphatic heterocycles. The van der Waals surface area contributed by atoms with Gasteiger partial charge in [0.1, 0.15) is 0 Å². The van der Waals surface area contributed by atoms with Gasteiger partial charge in [0.2, 0.25) is 0 Å². The molecule has 0 aliphatic rings. The number of allylic oxidation sites excluding steroid dienone is 1. The molecule has 2 aromatic carbocycles. The molecule has 0 unspecified atom stereocenters. The third-order valence-corrected chi connectivity index (χ3v) is 3.30. The van der Waals surface area contributed by atoms with E-state index in [4.69, 9.17) is 35.4 Å². The van der Waals surface area contributed by atoms with Crippen molar-refractivity contribution in [3.05, 3.63) is 75.8 Å². The summed E-state index contributed by atoms with van der Waals surface area (Å²) >= 11 is 17.0. The molecule has 0 spiro atoms. The molecule has 0 bridgehead atoms. The summed E-state index contributed by atoms with van der Waals surface area (Å²) in [4.78, 5) is 0.779. The minimum Gasteiger partial charge on any atom is -0.0843 e. The van der Waals surface area contributed by atoms with Crippen LogP contribution in [0.25, 0.3) is 6.08 Å². The van der Waals surface area contributed by atoms with Gasteiger partial charge in [-0.25, -0.2) is 0 Å². The Labute approximate surface area is 122 Å². The average Bonchev–Trinajstić information content (AvgIpc) is 2.38. The number of rotatable bonds is 3. The summed E-state index contributed by atoms with van der Waals surface area (Å²) in [6.45, 7) is 0. The maximum atomic E-state index is 5.83. The Hall–Kier alpha value is -1.15. The van der Waals surface area contributed by atoms with E-state index in [0.717, 1.165) is 21.0 Å². The highest BCUT2D eigenvalue weighted by Crippen LogP contribution is 2.13. The lowest BCUT2D eigenvalue weighted by molar-refractivity contribution is 1.65. The fourth-order valence-electron chi connectivity index (χ4n) is 1.46. The van der Waals surface area contributed by atoms with Crippen molar-refractivity contribution in [2.24, 2.45) is 0 Å². The molecule has 0 nitrogen and oxygen atoms in total. The molecule has 0 aliphatic carbocycles. The van der Waals surface area contributed by atoms with Crippen LogP contribution in [0.3, 0.4) is 0 Å². The minimum absolute atomic E-state index is 0.711. The van der Waals surface area contributed by atoms with Crippen molar-refractivity contribution in [3.8, 4) is 0 Å². The second-order valence-electron chi connectivity index (χ2n) is 3.76. The first-order valence-corrected chi connectivity index (χ1v) is 6.55. The lowest BCUT2D eigenvalue weighted by Crippen LogP contribution is -1.91. The predicted molar refractivity (Wildman–Crippen MR) is 83.6 cm³/mol. The Morgan fingerprint density at radius 1 is 0.833 bits per heavy atom. The maximum absolute atomic E-state index is 5.83. The van der Waals surface area contributed by atoms with Crippen molar-refractivity contribution in [2.45, 2.75) is 0 Å². The van der Waals surface area contributed by atoms with Gasteiger partial charge in [0.05, 0.1) is 0 Å². The van der Waals surface area contributed by atoms with E-state index < -0.39 is 0 Å². The zero-order valence-electron chi connectivity index (χ0n) is 9.44. The molecule has 0 N–H and O–H groups in total. The third-order valence-electron chi connectivity index (χ3n) is 2.43. The molecule has 0 amide bonds.